The first-order valence-corrected chi connectivity index (χ1v) is 10.6. The van der Waals surface area contributed by atoms with Gasteiger partial charge in [0, 0.05) is 16.8 Å². The van der Waals surface area contributed by atoms with E-state index in [-0.39, 0.29) is 10.7 Å². The topological polar surface area (TPSA) is 67.2 Å². The number of anilines is 1. The van der Waals surface area contributed by atoms with Crippen LogP contribution in [-0.4, -0.2) is 20.8 Å². The first-order chi connectivity index (χ1) is 16.1. The van der Waals surface area contributed by atoms with Crippen molar-refractivity contribution in [2.75, 3.05) is 5.32 Å². The molecule has 1 unspecified atom stereocenters. The van der Waals surface area contributed by atoms with Crippen molar-refractivity contribution in [1.82, 2.24) is 9.78 Å². The Balaban J connectivity index is 1.65. The number of aliphatic hydroxyl groups excluding tert-OH is 1. The number of aromatic nitrogens is 2. The maximum absolute atomic E-state index is 13.4. The number of aliphatic hydroxyl groups is 1. The number of alkyl halides is 3. The van der Waals surface area contributed by atoms with E-state index >= 15 is 0 Å². The van der Waals surface area contributed by atoms with Crippen molar-refractivity contribution < 1.29 is 23.1 Å². The van der Waals surface area contributed by atoms with Crippen LogP contribution in [-0.2, 0) is 6.18 Å². The van der Waals surface area contributed by atoms with Crippen LogP contribution in [0.4, 0.5) is 18.9 Å². The number of nitrogens with one attached hydrogen (secondary N) is 1. The van der Waals surface area contributed by atoms with Crippen LogP contribution in [0.25, 0.3) is 16.9 Å². The van der Waals surface area contributed by atoms with Gasteiger partial charge >= 0.3 is 6.18 Å². The van der Waals surface area contributed by atoms with Gasteiger partial charge in [-0.25, -0.2) is 4.68 Å². The molecule has 5 nitrogen and oxygen atoms in total. The normalized spacial score (nSPS) is 12.4. The molecule has 0 spiro atoms. The van der Waals surface area contributed by atoms with E-state index in [0.717, 1.165) is 10.7 Å². The average Bonchev–Trinajstić information content (AvgIpc) is 3.25. The third-order valence-corrected chi connectivity index (χ3v) is 5.47. The maximum Gasteiger partial charge on any atom is 0.435 e. The zero-order valence-corrected chi connectivity index (χ0v) is 18.6. The van der Waals surface area contributed by atoms with Gasteiger partial charge in [0.05, 0.1) is 22.5 Å². The Hall–Kier alpha value is -3.62. The molecule has 0 radical (unpaired) electrons. The van der Waals surface area contributed by atoms with Crippen LogP contribution < -0.4 is 5.32 Å². The van der Waals surface area contributed by atoms with E-state index in [1.807, 2.05) is 0 Å². The largest absolute Gasteiger partial charge is 0.435 e. The predicted octanol–water partition coefficient (Wildman–Crippen LogP) is 6.52. The summed E-state index contributed by atoms with van der Waals surface area (Å²) in [5, 5.41) is 16.4. The van der Waals surface area contributed by atoms with E-state index in [9.17, 15) is 23.1 Å². The van der Waals surface area contributed by atoms with Crippen molar-refractivity contribution in [1.29, 1.82) is 0 Å². The standard InChI is InChI=1S/C25H19ClF3N3O2/c1-15(33)18-5-4-6-19(13-18)30-24(34)17-11-9-16(10-12-17)22-14-23(25(27,28)29)31-32(22)21-8-3-2-7-20(21)26/h2-15,33H,1H3,(H,30,34). The van der Waals surface area contributed by atoms with Gasteiger partial charge < -0.3 is 10.4 Å². The SMILES string of the molecule is CC(O)c1cccc(NC(=O)c2ccc(-c3cc(C(F)(F)F)nn3-c3ccccc3Cl)cc2)c1. The fourth-order valence-corrected chi connectivity index (χ4v) is 3.62. The lowest BCUT2D eigenvalue weighted by molar-refractivity contribution is -0.141. The monoisotopic (exact) mass is 485 g/mol. The van der Waals surface area contributed by atoms with Crippen LogP contribution in [0.3, 0.4) is 0 Å². The third-order valence-electron chi connectivity index (χ3n) is 5.15. The van der Waals surface area contributed by atoms with Gasteiger partial charge in [-0.05, 0) is 55.0 Å². The summed E-state index contributed by atoms with van der Waals surface area (Å²) in [6, 6.07) is 20.3. The highest BCUT2D eigenvalue weighted by Gasteiger charge is 2.35. The minimum atomic E-state index is -4.64. The second kappa shape index (κ2) is 9.32. The second-order valence-corrected chi connectivity index (χ2v) is 8.02. The molecule has 0 aliphatic rings. The van der Waals surface area contributed by atoms with Crippen molar-refractivity contribution >= 4 is 23.2 Å². The first kappa shape index (κ1) is 23.5. The summed E-state index contributed by atoms with van der Waals surface area (Å²) in [6.07, 6.45) is -5.32. The van der Waals surface area contributed by atoms with Gasteiger partial charge in [-0.2, -0.15) is 18.3 Å². The highest BCUT2D eigenvalue weighted by atomic mass is 35.5. The number of hydrogen-bond acceptors (Lipinski definition) is 3. The van der Waals surface area contributed by atoms with Crippen LogP contribution in [0.1, 0.15) is 34.6 Å². The smallest absolute Gasteiger partial charge is 0.389 e. The van der Waals surface area contributed by atoms with Crippen LogP contribution in [0.5, 0.6) is 0 Å². The van der Waals surface area contributed by atoms with Gasteiger partial charge in [-0.3, -0.25) is 4.79 Å². The Morgan fingerprint density at radius 1 is 1.03 bits per heavy atom. The zero-order valence-electron chi connectivity index (χ0n) is 17.8. The molecule has 3 aromatic carbocycles. The van der Waals surface area contributed by atoms with Crippen molar-refractivity contribution in [2.45, 2.75) is 19.2 Å². The molecule has 1 heterocycles. The van der Waals surface area contributed by atoms with Gasteiger partial charge in [0.15, 0.2) is 5.69 Å². The average molecular weight is 486 g/mol. The highest BCUT2D eigenvalue weighted by molar-refractivity contribution is 6.32. The molecular weight excluding hydrogens is 467 g/mol. The minimum absolute atomic E-state index is 0.178. The fraction of sp³-hybridized carbons (Fsp3) is 0.120. The van der Waals surface area contributed by atoms with E-state index in [4.69, 9.17) is 11.6 Å². The van der Waals surface area contributed by atoms with Crippen LogP contribution in [0, 0.1) is 0 Å². The van der Waals surface area contributed by atoms with Gasteiger partial charge in [-0.1, -0.05) is 48.0 Å². The summed E-state index contributed by atoms with van der Waals surface area (Å²) in [6.45, 7) is 1.62. The number of halogens is 4. The maximum atomic E-state index is 13.4. The van der Waals surface area contributed by atoms with E-state index in [2.05, 4.69) is 10.4 Å². The van der Waals surface area contributed by atoms with Crippen molar-refractivity contribution in [2.24, 2.45) is 0 Å². The molecule has 1 aromatic heterocycles. The summed E-state index contributed by atoms with van der Waals surface area (Å²) < 4.78 is 41.3. The van der Waals surface area contributed by atoms with Crippen LogP contribution in [0.15, 0.2) is 78.9 Å². The van der Waals surface area contributed by atoms with E-state index < -0.39 is 23.9 Å². The Kier molecular flexibility index (Phi) is 6.45. The minimum Gasteiger partial charge on any atom is -0.389 e. The first-order valence-electron chi connectivity index (χ1n) is 10.3. The molecular formula is C25H19ClF3N3O2. The summed E-state index contributed by atoms with van der Waals surface area (Å²) >= 11 is 6.21. The Bertz CT molecular complexity index is 1330. The molecule has 0 aliphatic carbocycles. The van der Waals surface area contributed by atoms with Gasteiger partial charge in [0.25, 0.3) is 5.91 Å². The number of nitrogens with zero attached hydrogens (tertiary/aromatic N) is 2. The molecule has 0 saturated carbocycles. The lowest BCUT2D eigenvalue weighted by atomic mass is 10.1. The van der Waals surface area contributed by atoms with E-state index in [1.54, 1.807) is 67.6 Å². The lowest BCUT2D eigenvalue weighted by Gasteiger charge is -2.11. The number of hydrogen-bond donors (Lipinski definition) is 2. The third kappa shape index (κ3) is 4.98. The molecule has 0 fully saturated rings. The zero-order chi connectivity index (χ0) is 24.5. The van der Waals surface area contributed by atoms with Crippen molar-refractivity contribution in [3.05, 3.63) is 101 Å². The number of carbonyl (C=O) groups excluding carboxylic acids is 1. The lowest BCUT2D eigenvalue weighted by Crippen LogP contribution is -2.12. The number of carbonyl (C=O) groups is 1. The Morgan fingerprint density at radius 3 is 2.38 bits per heavy atom. The summed E-state index contributed by atoms with van der Waals surface area (Å²) in [4.78, 5) is 12.7. The van der Waals surface area contributed by atoms with Crippen molar-refractivity contribution in [3.8, 4) is 16.9 Å². The van der Waals surface area contributed by atoms with Gasteiger partial charge in [-0.15, -0.1) is 0 Å². The van der Waals surface area contributed by atoms with E-state index in [1.165, 1.54) is 12.1 Å². The Labute approximate surface area is 198 Å². The number of benzene rings is 3. The van der Waals surface area contributed by atoms with Gasteiger partial charge in [0.2, 0.25) is 0 Å². The molecule has 0 aliphatic heterocycles. The molecule has 0 bridgehead atoms. The molecule has 9 heteroatoms. The molecule has 174 valence electrons. The second-order valence-electron chi connectivity index (χ2n) is 7.61. The summed E-state index contributed by atoms with van der Waals surface area (Å²) in [7, 11) is 0. The highest BCUT2D eigenvalue weighted by Crippen LogP contribution is 2.34. The molecule has 4 rings (SSSR count). The molecule has 34 heavy (non-hydrogen) atoms. The number of para-hydroxylation sites is 1. The van der Waals surface area contributed by atoms with Gasteiger partial charge in [0.1, 0.15) is 0 Å². The predicted molar refractivity (Wildman–Crippen MR) is 124 cm³/mol. The molecule has 2 N–H and O–H groups in total. The quantitative estimate of drug-likeness (QED) is 0.338. The molecule has 1 atom stereocenters. The fourth-order valence-electron chi connectivity index (χ4n) is 3.40. The molecule has 4 aromatic rings. The summed E-state index contributed by atoms with van der Waals surface area (Å²) in [5.41, 5.74) is 1.33. The summed E-state index contributed by atoms with van der Waals surface area (Å²) in [5.74, 6) is -0.398. The van der Waals surface area contributed by atoms with Crippen molar-refractivity contribution in [3.63, 3.8) is 0 Å². The molecule has 0 saturated heterocycles. The Morgan fingerprint density at radius 2 is 1.74 bits per heavy atom. The molecule has 1 amide bonds. The number of rotatable bonds is 5. The van der Waals surface area contributed by atoms with Crippen LogP contribution in [0.2, 0.25) is 5.02 Å². The van der Waals surface area contributed by atoms with Crippen LogP contribution >= 0.6 is 11.6 Å². The van der Waals surface area contributed by atoms with E-state index in [0.29, 0.717) is 28.1 Å². The number of amides is 1.